The quantitative estimate of drug-likeness (QED) is 0.750. The largest absolute Gasteiger partial charge is 0.377 e. The Kier molecular flexibility index (Phi) is 6.11. The molecule has 2 aliphatic rings. The Morgan fingerprint density at radius 1 is 1.21 bits per heavy atom. The average molecular weight is 268 g/mol. The lowest BCUT2D eigenvalue weighted by Gasteiger charge is -2.39. The highest BCUT2D eigenvalue weighted by Gasteiger charge is 2.30. The molecule has 1 atom stereocenters. The second kappa shape index (κ2) is 7.61. The molecular formula is C16H32N2O. The molecule has 1 heterocycles. The molecule has 3 heteroatoms. The van der Waals surface area contributed by atoms with Crippen molar-refractivity contribution in [2.24, 2.45) is 0 Å². The van der Waals surface area contributed by atoms with E-state index in [2.05, 4.69) is 17.1 Å². The monoisotopic (exact) mass is 268 g/mol. The predicted molar refractivity (Wildman–Crippen MR) is 80.6 cm³/mol. The minimum Gasteiger partial charge on any atom is -0.377 e. The van der Waals surface area contributed by atoms with Crippen LogP contribution in [-0.2, 0) is 4.74 Å². The average Bonchev–Trinajstić information content (AvgIpc) is 2.45. The van der Waals surface area contributed by atoms with Crippen LogP contribution in [0.5, 0.6) is 0 Å². The van der Waals surface area contributed by atoms with Crippen LogP contribution >= 0.6 is 0 Å². The first-order chi connectivity index (χ1) is 9.22. The summed E-state index contributed by atoms with van der Waals surface area (Å²) in [4.78, 5) is 2.58. The highest BCUT2D eigenvalue weighted by atomic mass is 16.5. The molecule has 1 N–H and O–H groups in total. The molecule has 1 saturated carbocycles. The maximum atomic E-state index is 5.65. The summed E-state index contributed by atoms with van der Waals surface area (Å²) in [5.74, 6) is 0. The van der Waals surface area contributed by atoms with E-state index >= 15 is 0 Å². The molecule has 0 aromatic carbocycles. The Morgan fingerprint density at radius 3 is 2.74 bits per heavy atom. The van der Waals surface area contributed by atoms with Crippen molar-refractivity contribution in [2.75, 3.05) is 33.3 Å². The fourth-order valence-corrected chi connectivity index (χ4v) is 3.58. The van der Waals surface area contributed by atoms with Gasteiger partial charge in [-0.2, -0.15) is 0 Å². The van der Waals surface area contributed by atoms with Gasteiger partial charge in [-0.05, 0) is 58.7 Å². The van der Waals surface area contributed by atoms with Crippen molar-refractivity contribution in [2.45, 2.75) is 69.9 Å². The van der Waals surface area contributed by atoms with E-state index in [1.54, 1.807) is 0 Å². The Morgan fingerprint density at radius 2 is 2.00 bits per heavy atom. The predicted octanol–water partition coefficient (Wildman–Crippen LogP) is 2.80. The number of rotatable bonds is 6. The maximum absolute atomic E-state index is 5.65. The number of methoxy groups -OCH3 is 1. The SMILES string of the molecule is COC1(C)CCCN(CCCNC2CCCCC2)C1. The Balaban J connectivity index is 1.57. The van der Waals surface area contributed by atoms with E-state index in [0.29, 0.717) is 0 Å². The summed E-state index contributed by atoms with van der Waals surface area (Å²) in [6, 6.07) is 0.805. The standard InChI is InChI=1S/C16H32N2O/c1-16(19-2)10-6-12-18(14-16)13-7-11-17-15-8-4-3-5-9-15/h15,17H,3-14H2,1-2H3. The molecule has 19 heavy (non-hydrogen) atoms. The van der Waals surface area contributed by atoms with E-state index in [9.17, 15) is 0 Å². The number of nitrogens with one attached hydrogen (secondary N) is 1. The van der Waals surface area contributed by atoms with Crippen molar-refractivity contribution in [3.63, 3.8) is 0 Å². The normalized spacial score (nSPS) is 30.6. The third kappa shape index (κ3) is 5.05. The number of nitrogens with zero attached hydrogens (tertiary/aromatic N) is 1. The second-order valence-electron chi connectivity index (χ2n) is 6.68. The van der Waals surface area contributed by atoms with Crippen molar-refractivity contribution in [1.82, 2.24) is 10.2 Å². The van der Waals surface area contributed by atoms with Gasteiger partial charge in [-0.25, -0.2) is 0 Å². The topological polar surface area (TPSA) is 24.5 Å². The lowest BCUT2D eigenvalue weighted by atomic mass is 9.94. The fourth-order valence-electron chi connectivity index (χ4n) is 3.58. The van der Waals surface area contributed by atoms with Crippen LogP contribution in [0.2, 0.25) is 0 Å². The van der Waals surface area contributed by atoms with Crippen LogP contribution in [0.4, 0.5) is 0 Å². The number of likely N-dealkylation sites (tertiary alicyclic amines) is 1. The Bertz CT molecular complexity index is 253. The summed E-state index contributed by atoms with van der Waals surface area (Å²) in [5, 5.41) is 3.74. The van der Waals surface area contributed by atoms with Gasteiger partial charge in [0.15, 0.2) is 0 Å². The molecule has 2 rings (SSSR count). The smallest absolute Gasteiger partial charge is 0.0777 e. The molecule has 112 valence electrons. The molecule has 0 bridgehead atoms. The molecule has 0 amide bonds. The third-order valence-corrected chi connectivity index (χ3v) is 4.92. The zero-order chi connectivity index (χ0) is 13.6. The van der Waals surface area contributed by atoms with Crippen LogP contribution in [0.3, 0.4) is 0 Å². The maximum Gasteiger partial charge on any atom is 0.0777 e. The highest BCUT2D eigenvalue weighted by Crippen LogP contribution is 2.23. The first kappa shape index (κ1) is 15.3. The molecule has 0 aromatic rings. The van der Waals surface area contributed by atoms with E-state index in [0.717, 1.165) is 12.6 Å². The van der Waals surface area contributed by atoms with E-state index in [1.807, 2.05) is 7.11 Å². The van der Waals surface area contributed by atoms with Crippen LogP contribution in [0.15, 0.2) is 0 Å². The summed E-state index contributed by atoms with van der Waals surface area (Å²) in [5.41, 5.74) is 0.0923. The molecule has 1 aliphatic heterocycles. The van der Waals surface area contributed by atoms with E-state index in [1.165, 1.54) is 71.0 Å². The number of hydrogen-bond acceptors (Lipinski definition) is 3. The molecule has 0 aromatic heterocycles. The summed E-state index contributed by atoms with van der Waals surface area (Å²) in [6.07, 6.45) is 10.8. The number of hydrogen-bond donors (Lipinski definition) is 1. The minimum absolute atomic E-state index is 0.0923. The van der Waals surface area contributed by atoms with Gasteiger partial charge in [0.05, 0.1) is 5.60 Å². The molecule has 1 saturated heterocycles. The molecular weight excluding hydrogens is 236 g/mol. The lowest BCUT2D eigenvalue weighted by molar-refractivity contribution is -0.0507. The molecule has 3 nitrogen and oxygen atoms in total. The van der Waals surface area contributed by atoms with Crippen LogP contribution < -0.4 is 5.32 Å². The Labute approximate surface area is 119 Å². The zero-order valence-electron chi connectivity index (χ0n) is 12.9. The first-order valence-corrected chi connectivity index (χ1v) is 8.23. The van der Waals surface area contributed by atoms with E-state index in [4.69, 9.17) is 4.74 Å². The molecule has 1 aliphatic carbocycles. The van der Waals surface area contributed by atoms with Crippen molar-refractivity contribution >= 4 is 0 Å². The highest BCUT2D eigenvalue weighted by molar-refractivity contribution is 4.84. The summed E-state index contributed by atoms with van der Waals surface area (Å²) in [6.45, 7) is 7.01. The van der Waals surface area contributed by atoms with Gasteiger partial charge in [0, 0.05) is 19.7 Å². The van der Waals surface area contributed by atoms with E-state index < -0.39 is 0 Å². The number of piperidine rings is 1. The van der Waals surface area contributed by atoms with Crippen molar-refractivity contribution in [1.29, 1.82) is 0 Å². The molecule has 1 unspecified atom stereocenters. The van der Waals surface area contributed by atoms with Gasteiger partial charge in [0.2, 0.25) is 0 Å². The van der Waals surface area contributed by atoms with Crippen molar-refractivity contribution < 1.29 is 4.74 Å². The molecule has 2 fully saturated rings. The van der Waals surface area contributed by atoms with Crippen LogP contribution in [0.1, 0.15) is 58.3 Å². The van der Waals surface area contributed by atoms with Crippen LogP contribution in [0.25, 0.3) is 0 Å². The van der Waals surface area contributed by atoms with Gasteiger partial charge in [0.25, 0.3) is 0 Å². The second-order valence-corrected chi connectivity index (χ2v) is 6.68. The van der Waals surface area contributed by atoms with Gasteiger partial charge < -0.3 is 15.0 Å². The zero-order valence-corrected chi connectivity index (χ0v) is 12.9. The summed E-state index contributed by atoms with van der Waals surface area (Å²) < 4.78 is 5.65. The number of ether oxygens (including phenoxy) is 1. The Hall–Kier alpha value is -0.120. The van der Waals surface area contributed by atoms with Gasteiger partial charge >= 0.3 is 0 Å². The van der Waals surface area contributed by atoms with Gasteiger partial charge in [-0.15, -0.1) is 0 Å². The van der Waals surface area contributed by atoms with Crippen LogP contribution in [-0.4, -0.2) is 49.8 Å². The fraction of sp³-hybridized carbons (Fsp3) is 1.00. The van der Waals surface area contributed by atoms with Gasteiger partial charge in [-0.3, -0.25) is 0 Å². The molecule has 0 spiro atoms. The van der Waals surface area contributed by atoms with Gasteiger partial charge in [0.1, 0.15) is 0 Å². The molecule has 0 radical (unpaired) electrons. The lowest BCUT2D eigenvalue weighted by Crippen LogP contribution is -2.48. The third-order valence-electron chi connectivity index (χ3n) is 4.92. The minimum atomic E-state index is 0.0923. The van der Waals surface area contributed by atoms with Crippen LogP contribution in [0, 0.1) is 0 Å². The summed E-state index contributed by atoms with van der Waals surface area (Å²) >= 11 is 0. The van der Waals surface area contributed by atoms with Crippen molar-refractivity contribution in [3.8, 4) is 0 Å². The first-order valence-electron chi connectivity index (χ1n) is 8.23. The van der Waals surface area contributed by atoms with Crippen molar-refractivity contribution in [3.05, 3.63) is 0 Å². The van der Waals surface area contributed by atoms with E-state index in [-0.39, 0.29) is 5.60 Å². The van der Waals surface area contributed by atoms with Gasteiger partial charge in [-0.1, -0.05) is 19.3 Å². The summed E-state index contributed by atoms with van der Waals surface area (Å²) in [7, 11) is 1.86.